The summed E-state index contributed by atoms with van der Waals surface area (Å²) in [5.74, 6) is -1.70. The average molecular weight is 238 g/mol. The number of aromatic amines is 1. The van der Waals surface area contributed by atoms with Crippen molar-refractivity contribution in [3.63, 3.8) is 0 Å². The minimum Gasteiger partial charge on any atom is -0.481 e. The van der Waals surface area contributed by atoms with Gasteiger partial charge in [0, 0.05) is 38.3 Å². The zero-order valence-corrected chi connectivity index (χ0v) is 10.1. The van der Waals surface area contributed by atoms with E-state index in [1.807, 2.05) is 18.3 Å². The number of amides is 1. The van der Waals surface area contributed by atoms with Crippen LogP contribution in [-0.2, 0) is 16.0 Å². The summed E-state index contributed by atoms with van der Waals surface area (Å²) < 4.78 is 0. The van der Waals surface area contributed by atoms with Gasteiger partial charge in [0.15, 0.2) is 0 Å². The van der Waals surface area contributed by atoms with Crippen LogP contribution in [-0.4, -0.2) is 40.5 Å². The molecule has 0 aliphatic rings. The highest BCUT2D eigenvalue weighted by Gasteiger charge is 2.18. The fraction of sp³-hybridized carbons (Fsp3) is 0.500. The van der Waals surface area contributed by atoms with Gasteiger partial charge in [0.25, 0.3) is 0 Å². The van der Waals surface area contributed by atoms with Crippen molar-refractivity contribution >= 4 is 11.9 Å². The van der Waals surface area contributed by atoms with Crippen LogP contribution in [0.5, 0.6) is 0 Å². The Bertz CT molecular complexity index is 373. The third-order valence-electron chi connectivity index (χ3n) is 2.71. The molecule has 5 heteroatoms. The van der Waals surface area contributed by atoms with Gasteiger partial charge in [0.1, 0.15) is 0 Å². The summed E-state index contributed by atoms with van der Waals surface area (Å²) in [6.07, 6.45) is 2.64. The number of carbonyl (C=O) groups excluding carboxylic acids is 1. The highest BCUT2D eigenvalue weighted by Crippen LogP contribution is 2.05. The Labute approximate surface area is 100 Å². The first-order valence-corrected chi connectivity index (χ1v) is 5.59. The van der Waals surface area contributed by atoms with Crippen molar-refractivity contribution in [2.45, 2.75) is 19.8 Å². The quantitative estimate of drug-likeness (QED) is 0.780. The average Bonchev–Trinajstić information content (AvgIpc) is 2.78. The van der Waals surface area contributed by atoms with Crippen LogP contribution in [0.4, 0.5) is 0 Å². The summed E-state index contributed by atoms with van der Waals surface area (Å²) in [5, 5.41) is 8.72. The predicted molar refractivity (Wildman–Crippen MR) is 63.6 cm³/mol. The second kappa shape index (κ2) is 6.08. The van der Waals surface area contributed by atoms with E-state index >= 15 is 0 Å². The van der Waals surface area contributed by atoms with E-state index in [4.69, 9.17) is 5.11 Å². The number of aliphatic carboxylic acids is 1. The van der Waals surface area contributed by atoms with Crippen molar-refractivity contribution in [3.8, 4) is 0 Å². The van der Waals surface area contributed by atoms with Gasteiger partial charge in [-0.2, -0.15) is 0 Å². The largest absolute Gasteiger partial charge is 0.481 e. The van der Waals surface area contributed by atoms with Crippen molar-refractivity contribution in [2.24, 2.45) is 5.92 Å². The zero-order chi connectivity index (χ0) is 12.8. The molecule has 1 heterocycles. The summed E-state index contributed by atoms with van der Waals surface area (Å²) in [5.41, 5.74) is 1.07. The summed E-state index contributed by atoms with van der Waals surface area (Å²) >= 11 is 0. The second-order valence-corrected chi connectivity index (χ2v) is 4.20. The van der Waals surface area contributed by atoms with Crippen LogP contribution in [0.2, 0.25) is 0 Å². The number of aromatic nitrogens is 1. The lowest BCUT2D eigenvalue weighted by molar-refractivity contribution is -0.144. The molecule has 1 rings (SSSR count). The lowest BCUT2D eigenvalue weighted by Gasteiger charge is -2.17. The van der Waals surface area contributed by atoms with Gasteiger partial charge in [-0.1, -0.05) is 6.92 Å². The number of likely N-dealkylation sites (N-methyl/N-ethyl adjacent to an activating group) is 1. The Balaban J connectivity index is 2.34. The zero-order valence-electron chi connectivity index (χ0n) is 10.1. The Morgan fingerprint density at radius 2 is 2.24 bits per heavy atom. The molecule has 0 aliphatic heterocycles. The number of carbonyl (C=O) groups is 2. The molecule has 1 aromatic heterocycles. The van der Waals surface area contributed by atoms with Crippen LogP contribution >= 0.6 is 0 Å². The molecule has 0 aromatic carbocycles. The van der Waals surface area contributed by atoms with Crippen LogP contribution in [0.15, 0.2) is 18.3 Å². The van der Waals surface area contributed by atoms with E-state index in [9.17, 15) is 9.59 Å². The molecule has 94 valence electrons. The smallest absolute Gasteiger partial charge is 0.306 e. The third kappa shape index (κ3) is 4.30. The minimum absolute atomic E-state index is 0.0521. The number of nitrogens with zero attached hydrogens (tertiary/aromatic N) is 1. The standard InChI is InChI=1S/C12H18N2O3/c1-9(12(16)17)8-11(15)14(2)7-5-10-4-3-6-13-10/h3-4,6,9,13H,5,7-8H2,1-2H3,(H,16,17). The lowest BCUT2D eigenvalue weighted by atomic mass is 10.1. The van der Waals surface area contributed by atoms with Crippen LogP contribution in [0.3, 0.4) is 0 Å². The van der Waals surface area contributed by atoms with Gasteiger partial charge in [-0.15, -0.1) is 0 Å². The van der Waals surface area contributed by atoms with Gasteiger partial charge >= 0.3 is 5.97 Å². The third-order valence-corrected chi connectivity index (χ3v) is 2.71. The maximum Gasteiger partial charge on any atom is 0.306 e. The van der Waals surface area contributed by atoms with E-state index in [-0.39, 0.29) is 12.3 Å². The van der Waals surface area contributed by atoms with Crippen molar-refractivity contribution < 1.29 is 14.7 Å². The van der Waals surface area contributed by atoms with Crippen LogP contribution in [0, 0.1) is 5.92 Å². The molecule has 0 saturated carbocycles. The molecular formula is C12H18N2O3. The van der Waals surface area contributed by atoms with Gasteiger partial charge in [-0.25, -0.2) is 0 Å². The van der Waals surface area contributed by atoms with Gasteiger partial charge in [0.05, 0.1) is 5.92 Å². The SMILES string of the molecule is CC(CC(=O)N(C)CCc1ccc[nH]1)C(=O)O. The fourth-order valence-electron chi connectivity index (χ4n) is 1.44. The fourth-order valence-corrected chi connectivity index (χ4v) is 1.44. The normalized spacial score (nSPS) is 12.1. The molecule has 1 unspecified atom stereocenters. The Morgan fingerprint density at radius 3 is 2.76 bits per heavy atom. The number of carboxylic acids is 1. The lowest BCUT2D eigenvalue weighted by Crippen LogP contribution is -2.31. The van der Waals surface area contributed by atoms with E-state index in [2.05, 4.69) is 4.98 Å². The Kier molecular flexibility index (Phi) is 4.75. The Morgan fingerprint density at radius 1 is 1.53 bits per heavy atom. The predicted octanol–water partition coefficient (Wildman–Crippen LogP) is 1.13. The molecule has 0 fully saturated rings. The van der Waals surface area contributed by atoms with E-state index in [0.29, 0.717) is 6.54 Å². The van der Waals surface area contributed by atoms with E-state index in [1.54, 1.807) is 18.9 Å². The van der Waals surface area contributed by atoms with Crippen LogP contribution in [0.25, 0.3) is 0 Å². The van der Waals surface area contributed by atoms with Crippen molar-refractivity contribution in [2.75, 3.05) is 13.6 Å². The van der Waals surface area contributed by atoms with Crippen molar-refractivity contribution in [3.05, 3.63) is 24.0 Å². The van der Waals surface area contributed by atoms with Gasteiger partial charge in [-0.3, -0.25) is 9.59 Å². The molecular weight excluding hydrogens is 220 g/mol. The summed E-state index contributed by atoms with van der Waals surface area (Å²) in [4.78, 5) is 26.9. The van der Waals surface area contributed by atoms with Gasteiger partial charge in [-0.05, 0) is 12.1 Å². The van der Waals surface area contributed by atoms with E-state index in [1.165, 1.54) is 0 Å². The van der Waals surface area contributed by atoms with Gasteiger partial charge in [0.2, 0.25) is 5.91 Å². The number of rotatable bonds is 6. The van der Waals surface area contributed by atoms with Gasteiger partial charge < -0.3 is 15.0 Å². The highest BCUT2D eigenvalue weighted by molar-refractivity contribution is 5.81. The number of hydrogen-bond acceptors (Lipinski definition) is 2. The molecule has 0 bridgehead atoms. The van der Waals surface area contributed by atoms with E-state index in [0.717, 1.165) is 12.1 Å². The first-order valence-electron chi connectivity index (χ1n) is 5.59. The van der Waals surface area contributed by atoms with Crippen molar-refractivity contribution in [1.29, 1.82) is 0 Å². The Hall–Kier alpha value is -1.78. The molecule has 17 heavy (non-hydrogen) atoms. The number of H-pyrrole nitrogens is 1. The molecule has 1 atom stereocenters. The van der Waals surface area contributed by atoms with Crippen molar-refractivity contribution in [1.82, 2.24) is 9.88 Å². The van der Waals surface area contributed by atoms with Crippen LogP contribution in [0.1, 0.15) is 19.0 Å². The topological polar surface area (TPSA) is 73.4 Å². The van der Waals surface area contributed by atoms with Crippen LogP contribution < -0.4 is 0 Å². The molecule has 2 N–H and O–H groups in total. The minimum atomic E-state index is -0.934. The molecule has 0 saturated heterocycles. The molecule has 1 aromatic rings. The highest BCUT2D eigenvalue weighted by atomic mass is 16.4. The second-order valence-electron chi connectivity index (χ2n) is 4.20. The molecule has 0 aliphatic carbocycles. The molecule has 1 amide bonds. The maximum absolute atomic E-state index is 11.7. The monoisotopic (exact) mass is 238 g/mol. The van der Waals surface area contributed by atoms with E-state index < -0.39 is 11.9 Å². The molecule has 5 nitrogen and oxygen atoms in total. The molecule has 0 spiro atoms. The summed E-state index contributed by atoms with van der Waals surface area (Å²) in [7, 11) is 1.69. The maximum atomic E-state index is 11.7. The first kappa shape index (κ1) is 13.3. The number of nitrogens with one attached hydrogen (secondary N) is 1. The summed E-state index contributed by atoms with van der Waals surface area (Å²) in [6, 6.07) is 3.86. The summed E-state index contributed by atoms with van der Waals surface area (Å²) in [6.45, 7) is 2.13. The molecule has 0 radical (unpaired) electrons. The number of carboxylic acid groups (broad SMARTS) is 1. The first-order chi connectivity index (χ1) is 8.00. The number of hydrogen-bond donors (Lipinski definition) is 2.